The minimum absolute atomic E-state index is 0.232. The Morgan fingerprint density at radius 1 is 1.08 bits per heavy atom. The Hall–Kier alpha value is -2.18. The minimum Gasteiger partial charge on any atom is -0.378 e. The molecule has 0 radical (unpaired) electrons. The van der Waals surface area contributed by atoms with Crippen LogP contribution in [0, 0.1) is 0 Å². The maximum atomic E-state index is 4.72. The zero-order chi connectivity index (χ0) is 17.8. The van der Waals surface area contributed by atoms with Crippen molar-refractivity contribution in [2.24, 2.45) is 10.1 Å². The number of rotatable bonds is 5. The molecule has 0 saturated heterocycles. The van der Waals surface area contributed by atoms with E-state index in [1.54, 1.807) is 22.7 Å². The molecule has 0 aliphatic heterocycles. The van der Waals surface area contributed by atoms with Gasteiger partial charge in [-0.3, -0.25) is 4.99 Å². The summed E-state index contributed by atoms with van der Waals surface area (Å²) in [7, 11) is 4.08. The summed E-state index contributed by atoms with van der Waals surface area (Å²) in [6.45, 7) is 4.16. The molecular formula is C19H22N4S2. The van der Waals surface area contributed by atoms with Gasteiger partial charge in [0.25, 0.3) is 0 Å². The number of nitrogens with zero attached hydrogens (tertiary/aromatic N) is 4. The van der Waals surface area contributed by atoms with Crippen LogP contribution in [0.25, 0.3) is 10.6 Å². The number of hydrogen-bond donors (Lipinski definition) is 0. The first-order chi connectivity index (χ1) is 12.0. The van der Waals surface area contributed by atoms with Crippen molar-refractivity contribution in [3.8, 4) is 10.6 Å². The highest BCUT2D eigenvalue weighted by Gasteiger charge is 2.08. The largest absolute Gasteiger partial charge is 0.378 e. The second-order valence-corrected chi connectivity index (χ2v) is 7.93. The van der Waals surface area contributed by atoms with Crippen molar-refractivity contribution in [1.82, 2.24) is 4.68 Å². The highest BCUT2D eigenvalue weighted by Crippen LogP contribution is 2.25. The van der Waals surface area contributed by atoms with Crippen molar-refractivity contribution < 1.29 is 0 Å². The number of thiophene rings is 1. The molecule has 3 rings (SSSR count). The molecule has 0 unspecified atom stereocenters. The fraction of sp³-hybridized carbons (Fsp3) is 0.263. The molecule has 0 saturated carbocycles. The van der Waals surface area contributed by atoms with Crippen LogP contribution < -0.4 is 9.70 Å². The van der Waals surface area contributed by atoms with Crippen LogP contribution in [0.5, 0.6) is 0 Å². The topological polar surface area (TPSA) is 32.9 Å². The number of aromatic nitrogens is 1. The van der Waals surface area contributed by atoms with E-state index in [9.17, 15) is 0 Å². The standard InChI is InChI=1S/C19H22N4S2/c1-14(2)21-19-23(17(13-25-19)18-6-5-11-24-18)20-12-15-7-9-16(10-8-15)22(3)4/h5-14H,1-4H3. The lowest BCUT2D eigenvalue weighted by Gasteiger charge is -2.11. The van der Waals surface area contributed by atoms with Crippen LogP contribution in [-0.2, 0) is 0 Å². The van der Waals surface area contributed by atoms with Crippen LogP contribution in [0.2, 0.25) is 0 Å². The summed E-state index contributed by atoms with van der Waals surface area (Å²) in [5, 5.41) is 8.93. The normalized spacial score (nSPS) is 12.4. The predicted octanol–water partition coefficient (Wildman–Crippen LogP) is 4.54. The van der Waals surface area contributed by atoms with Crippen LogP contribution in [-0.4, -0.2) is 31.0 Å². The monoisotopic (exact) mass is 370 g/mol. The molecule has 130 valence electrons. The summed E-state index contributed by atoms with van der Waals surface area (Å²) >= 11 is 3.34. The minimum atomic E-state index is 0.232. The highest BCUT2D eigenvalue weighted by molar-refractivity contribution is 7.14. The third-order valence-electron chi connectivity index (χ3n) is 3.56. The lowest BCUT2D eigenvalue weighted by molar-refractivity contribution is 0.755. The molecule has 0 bridgehead atoms. The molecule has 6 heteroatoms. The summed E-state index contributed by atoms with van der Waals surface area (Å²) in [5.74, 6) is 0. The van der Waals surface area contributed by atoms with Crippen LogP contribution in [0.4, 0.5) is 5.69 Å². The Bertz CT molecular complexity index is 898. The summed E-state index contributed by atoms with van der Waals surface area (Å²) in [5.41, 5.74) is 3.33. The molecule has 25 heavy (non-hydrogen) atoms. The SMILES string of the molecule is CC(C)N=c1scc(-c2cccs2)n1N=Cc1ccc(N(C)C)cc1. The van der Waals surface area contributed by atoms with Crippen molar-refractivity contribution in [2.45, 2.75) is 19.9 Å². The number of benzene rings is 1. The van der Waals surface area contributed by atoms with Gasteiger partial charge in [0.15, 0.2) is 0 Å². The molecule has 2 aromatic heterocycles. The first kappa shape index (κ1) is 17.6. The second-order valence-electron chi connectivity index (χ2n) is 6.15. The van der Waals surface area contributed by atoms with Gasteiger partial charge in [-0.1, -0.05) is 18.2 Å². The fourth-order valence-electron chi connectivity index (χ4n) is 2.30. The lowest BCUT2D eigenvalue weighted by Crippen LogP contribution is -2.14. The first-order valence-electron chi connectivity index (χ1n) is 8.14. The molecule has 0 aliphatic rings. The van der Waals surface area contributed by atoms with Gasteiger partial charge in [0.05, 0.1) is 16.8 Å². The van der Waals surface area contributed by atoms with E-state index < -0.39 is 0 Å². The van der Waals surface area contributed by atoms with Gasteiger partial charge >= 0.3 is 0 Å². The van der Waals surface area contributed by atoms with E-state index in [1.807, 2.05) is 25.0 Å². The molecule has 0 spiro atoms. The van der Waals surface area contributed by atoms with Gasteiger partial charge in [0.1, 0.15) is 0 Å². The Labute approximate surface area is 156 Å². The molecule has 4 nitrogen and oxygen atoms in total. The molecule has 0 amide bonds. The second kappa shape index (κ2) is 7.80. The van der Waals surface area contributed by atoms with E-state index in [1.165, 1.54) is 10.6 Å². The molecule has 3 aromatic rings. The van der Waals surface area contributed by atoms with E-state index in [4.69, 9.17) is 10.1 Å². The van der Waals surface area contributed by atoms with Gasteiger partial charge in [-0.2, -0.15) is 5.10 Å². The van der Waals surface area contributed by atoms with Crippen molar-refractivity contribution in [2.75, 3.05) is 19.0 Å². The highest BCUT2D eigenvalue weighted by atomic mass is 32.1. The number of anilines is 1. The van der Waals surface area contributed by atoms with Gasteiger partial charge in [0.2, 0.25) is 4.80 Å². The van der Waals surface area contributed by atoms with Gasteiger partial charge < -0.3 is 4.90 Å². The zero-order valence-electron chi connectivity index (χ0n) is 14.9. The lowest BCUT2D eigenvalue weighted by atomic mass is 10.2. The van der Waals surface area contributed by atoms with E-state index in [-0.39, 0.29) is 6.04 Å². The maximum absolute atomic E-state index is 4.72. The van der Waals surface area contributed by atoms with Gasteiger partial charge in [0, 0.05) is 31.2 Å². The average Bonchev–Trinajstić information content (AvgIpc) is 3.22. The average molecular weight is 371 g/mol. The molecule has 0 aliphatic carbocycles. The molecule has 0 N–H and O–H groups in total. The molecule has 0 atom stereocenters. The van der Waals surface area contributed by atoms with Crippen molar-refractivity contribution >= 4 is 34.6 Å². The molecule has 2 heterocycles. The molecule has 1 aromatic carbocycles. The third kappa shape index (κ3) is 4.27. The summed E-state index contributed by atoms with van der Waals surface area (Å²) in [4.78, 5) is 8.90. The Morgan fingerprint density at radius 2 is 1.84 bits per heavy atom. The molecule has 0 fully saturated rings. The van der Waals surface area contributed by atoms with Gasteiger partial charge in [-0.05, 0) is 43.0 Å². The third-order valence-corrected chi connectivity index (χ3v) is 5.28. The van der Waals surface area contributed by atoms with Crippen LogP contribution in [0.15, 0.2) is 57.3 Å². The Morgan fingerprint density at radius 3 is 2.44 bits per heavy atom. The number of thiazole rings is 1. The summed E-state index contributed by atoms with van der Waals surface area (Å²) in [6.07, 6.45) is 1.89. The quantitative estimate of drug-likeness (QED) is 0.607. The van der Waals surface area contributed by atoms with Gasteiger partial charge in [-0.25, -0.2) is 4.68 Å². The first-order valence-corrected chi connectivity index (χ1v) is 9.90. The van der Waals surface area contributed by atoms with Crippen LogP contribution in [0.1, 0.15) is 19.4 Å². The van der Waals surface area contributed by atoms with E-state index >= 15 is 0 Å². The van der Waals surface area contributed by atoms with Crippen molar-refractivity contribution in [3.05, 3.63) is 57.5 Å². The number of hydrogen-bond acceptors (Lipinski definition) is 5. The fourth-order valence-corrected chi connectivity index (χ4v) is 4.06. The van der Waals surface area contributed by atoms with Crippen molar-refractivity contribution in [1.29, 1.82) is 0 Å². The van der Waals surface area contributed by atoms with Crippen LogP contribution >= 0.6 is 22.7 Å². The smallest absolute Gasteiger partial charge is 0.206 e. The van der Waals surface area contributed by atoms with Crippen LogP contribution in [0.3, 0.4) is 0 Å². The molecular weight excluding hydrogens is 348 g/mol. The van der Waals surface area contributed by atoms with E-state index in [0.29, 0.717) is 0 Å². The predicted molar refractivity (Wildman–Crippen MR) is 110 cm³/mol. The van der Waals surface area contributed by atoms with E-state index in [0.717, 1.165) is 16.1 Å². The van der Waals surface area contributed by atoms with E-state index in [2.05, 4.69) is 65.9 Å². The maximum Gasteiger partial charge on any atom is 0.206 e. The zero-order valence-corrected chi connectivity index (χ0v) is 16.5. The Kier molecular flexibility index (Phi) is 5.50. The summed E-state index contributed by atoms with van der Waals surface area (Å²) < 4.78 is 1.94. The van der Waals surface area contributed by atoms with Gasteiger partial charge in [-0.15, -0.1) is 22.7 Å². The van der Waals surface area contributed by atoms with Crippen molar-refractivity contribution in [3.63, 3.8) is 0 Å². The summed E-state index contributed by atoms with van der Waals surface area (Å²) in [6, 6.07) is 12.8. The Balaban J connectivity index is 1.99.